The van der Waals surface area contributed by atoms with Crippen LogP contribution < -0.4 is 5.32 Å². The SMILES string of the molecule is Cn1c(CCNC(=O)OC(C)(C)C)nnc1-c1ccccc1. The van der Waals surface area contributed by atoms with Crippen molar-refractivity contribution in [3.63, 3.8) is 0 Å². The van der Waals surface area contributed by atoms with E-state index in [1.165, 1.54) is 0 Å². The summed E-state index contributed by atoms with van der Waals surface area (Å²) >= 11 is 0. The van der Waals surface area contributed by atoms with E-state index in [9.17, 15) is 4.79 Å². The number of ether oxygens (including phenoxy) is 1. The lowest BCUT2D eigenvalue weighted by atomic mass is 10.2. The largest absolute Gasteiger partial charge is 0.444 e. The highest BCUT2D eigenvalue weighted by molar-refractivity contribution is 5.67. The van der Waals surface area contributed by atoms with E-state index in [0.29, 0.717) is 13.0 Å². The van der Waals surface area contributed by atoms with Crippen LogP contribution in [0.2, 0.25) is 0 Å². The van der Waals surface area contributed by atoms with Gasteiger partial charge in [0.05, 0.1) is 0 Å². The Bertz CT molecular complexity index is 629. The zero-order chi connectivity index (χ0) is 16.2. The molecule has 0 aliphatic carbocycles. The molecule has 1 aromatic carbocycles. The fourth-order valence-corrected chi connectivity index (χ4v) is 2.01. The van der Waals surface area contributed by atoms with Gasteiger partial charge in [0.2, 0.25) is 0 Å². The van der Waals surface area contributed by atoms with Gasteiger partial charge in [-0.15, -0.1) is 10.2 Å². The molecular formula is C16H22N4O2. The maximum Gasteiger partial charge on any atom is 0.407 e. The maximum absolute atomic E-state index is 11.6. The second-order valence-corrected chi connectivity index (χ2v) is 6.04. The highest BCUT2D eigenvalue weighted by Crippen LogP contribution is 2.16. The van der Waals surface area contributed by atoms with Gasteiger partial charge in [-0.1, -0.05) is 30.3 Å². The van der Waals surface area contributed by atoms with Crippen LogP contribution in [0.15, 0.2) is 30.3 Å². The Labute approximate surface area is 130 Å². The van der Waals surface area contributed by atoms with Crippen molar-refractivity contribution in [1.82, 2.24) is 20.1 Å². The molecule has 0 aliphatic heterocycles. The normalized spacial score (nSPS) is 11.3. The molecule has 0 fully saturated rings. The van der Waals surface area contributed by atoms with Gasteiger partial charge in [0, 0.05) is 25.6 Å². The van der Waals surface area contributed by atoms with Gasteiger partial charge in [-0.2, -0.15) is 0 Å². The third-order valence-electron chi connectivity index (χ3n) is 3.01. The molecule has 0 aliphatic rings. The van der Waals surface area contributed by atoms with Crippen molar-refractivity contribution in [2.75, 3.05) is 6.54 Å². The van der Waals surface area contributed by atoms with E-state index in [1.54, 1.807) is 0 Å². The average Bonchev–Trinajstić information content (AvgIpc) is 2.79. The fraction of sp³-hybridized carbons (Fsp3) is 0.438. The first-order valence-electron chi connectivity index (χ1n) is 7.27. The Morgan fingerprint density at radius 3 is 2.55 bits per heavy atom. The first-order valence-corrected chi connectivity index (χ1v) is 7.27. The van der Waals surface area contributed by atoms with Gasteiger partial charge in [0.15, 0.2) is 5.82 Å². The Kier molecular flexibility index (Phi) is 4.80. The molecule has 0 spiro atoms. The molecule has 1 heterocycles. The highest BCUT2D eigenvalue weighted by atomic mass is 16.6. The second kappa shape index (κ2) is 6.60. The number of nitrogens with one attached hydrogen (secondary N) is 1. The van der Waals surface area contributed by atoms with Crippen molar-refractivity contribution >= 4 is 6.09 Å². The van der Waals surface area contributed by atoms with Crippen molar-refractivity contribution in [3.8, 4) is 11.4 Å². The number of rotatable bonds is 4. The zero-order valence-corrected chi connectivity index (χ0v) is 13.5. The molecule has 118 valence electrons. The molecule has 0 saturated carbocycles. The second-order valence-electron chi connectivity index (χ2n) is 6.04. The van der Waals surface area contributed by atoms with E-state index in [2.05, 4.69) is 15.5 Å². The van der Waals surface area contributed by atoms with Crippen LogP contribution in [-0.2, 0) is 18.2 Å². The highest BCUT2D eigenvalue weighted by Gasteiger charge is 2.16. The average molecular weight is 302 g/mol. The number of benzene rings is 1. The number of hydrogen-bond acceptors (Lipinski definition) is 4. The number of aromatic nitrogens is 3. The van der Waals surface area contributed by atoms with Gasteiger partial charge in [0.25, 0.3) is 0 Å². The van der Waals surface area contributed by atoms with E-state index in [1.807, 2.05) is 62.7 Å². The maximum atomic E-state index is 11.6. The molecule has 0 saturated heterocycles. The molecule has 22 heavy (non-hydrogen) atoms. The number of carbonyl (C=O) groups excluding carboxylic acids is 1. The molecule has 0 unspecified atom stereocenters. The fourth-order valence-electron chi connectivity index (χ4n) is 2.01. The molecule has 0 bridgehead atoms. The van der Waals surface area contributed by atoms with E-state index in [0.717, 1.165) is 17.2 Å². The summed E-state index contributed by atoms with van der Waals surface area (Å²) in [7, 11) is 1.92. The standard InChI is InChI=1S/C16H22N4O2/c1-16(2,3)22-15(21)17-11-10-13-18-19-14(20(13)4)12-8-6-5-7-9-12/h5-9H,10-11H2,1-4H3,(H,17,21). The molecule has 2 aromatic rings. The summed E-state index contributed by atoms with van der Waals surface area (Å²) in [6.45, 7) is 5.96. The van der Waals surface area contributed by atoms with E-state index >= 15 is 0 Å². The van der Waals surface area contributed by atoms with Gasteiger partial charge in [0.1, 0.15) is 11.4 Å². The zero-order valence-electron chi connectivity index (χ0n) is 13.5. The summed E-state index contributed by atoms with van der Waals surface area (Å²) in [5.41, 5.74) is 0.527. The summed E-state index contributed by atoms with van der Waals surface area (Å²) < 4.78 is 7.12. The first-order chi connectivity index (χ1) is 10.4. The van der Waals surface area contributed by atoms with Crippen LogP contribution in [0, 0.1) is 0 Å². The van der Waals surface area contributed by atoms with E-state index in [4.69, 9.17) is 4.74 Å². The minimum atomic E-state index is -0.491. The number of hydrogen-bond donors (Lipinski definition) is 1. The first kappa shape index (κ1) is 16.0. The summed E-state index contributed by atoms with van der Waals surface area (Å²) in [4.78, 5) is 11.6. The van der Waals surface area contributed by atoms with Crippen LogP contribution in [0.4, 0.5) is 4.79 Å². The lowest BCUT2D eigenvalue weighted by Gasteiger charge is -2.19. The van der Waals surface area contributed by atoms with Crippen LogP contribution in [0.3, 0.4) is 0 Å². The van der Waals surface area contributed by atoms with Gasteiger partial charge in [-0.3, -0.25) is 0 Å². The molecule has 0 atom stereocenters. The topological polar surface area (TPSA) is 69.0 Å². The lowest BCUT2D eigenvalue weighted by molar-refractivity contribution is 0.0528. The minimum Gasteiger partial charge on any atom is -0.444 e. The molecule has 0 radical (unpaired) electrons. The van der Waals surface area contributed by atoms with Crippen LogP contribution in [0.5, 0.6) is 0 Å². The lowest BCUT2D eigenvalue weighted by Crippen LogP contribution is -2.33. The third kappa shape index (κ3) is 4.31. The van der Waals surface area contributed by atoms with Gasteiger partial charge >= 0.3 is 6.09 Å². The molecule has 6 heteroatoms. The number of alkyl carbamates (subject to hydrolysis) is 1. The smallest absolute Gasteiger partial charge is 0.407 e. The summed E-state index contributed by atoms with van der Waals surface area (Å²) in [5, 5.41) is 11.1. The van der Waals surface area contributed by atoms with Crippen LogP contribution in [-0.4, -0.2) is 33.0 Å². The molecule has 2 rings (SSSR count). The minimum absolute atomic E-state index is 0.419. The summed E-state index contributed by atoms with van der Waals surface area (Å²) in [5.74, 6) is 1.63. The predicted molar refractivity (Wildman–Crippen MR) is 84.4 cm³/mol. The predicted octanol–water partition coefficient (Wildman–Crippen LogP) is 2.55. The molecule has 1 N–H and O–H groups in total. The quantitative estimate of drug-likeness (QED) is 0.942. The van der Waals surface area contributed by atoms with Crippen LogP contribution in [0.25, 0.3) is 11.4 Å². The Morgan fingerprint density at radius 2 is 1.91 bits per heavy atom. The van der Waals surface area contributed by atoms with Crippen LogP contribution in [0.1, 0.15) is 26.6 Å². The number of amides is 1. The van der Waals surface area contributed by atoms with Crippen molar-refractivity contribution in [1.29, 1.82) is 0 Å². The van der Waals surface area contributed by atoms with Gasteiger partial charge in [-0.25, -0.2) is 4.79 Å². The van der Waals surface area contributed by atoms with Gasteiger partial charge in [-0.05, 0) is 20.8 Å². The number of carbonyl (C=O) groups is 1. The van der Waals surface area contributed by atoms with Crippen molar-refractivity contribution in [3.05, 3.63) is 36.2 Å². The van der Waals surface area contributed by atoms with Crippen molar-refractivity contribution in [2.45, 2.75) is 32.8 Å². The van der Waals surface area contributed by atoms with Crippen molar-refractivity contribution < 1.29 is 9.53 Å². The number of nitrogens with zero attached hydrogens (tertiary/aromatic N) is 3. The summed E-state index contributed by atoms with van der Waals surface area (Å²) in [6, 6.07) is 9.88. The molecule has 6 nitrogen and oxygen atoms in total. The molecular weight excluding hydrogens is 280 g/mol. The Hall–Kier alpha value is -2.37. The molecule has 1 amide bonds. The van der Waals surface area contributed by atoms with E-state index in [-0.39, 0.29) is 0 Å². The Balaban J connectivity index is 1.92. The van der Waals surface area contributed by atoms with E-state index < -0.39 is 11.7 Å². The molecule has 1 aromatic heterocycles. The van der Waals surface area contributed by atoms with Crippen molar-refractivity contribution in [2.24, 2.45) is 7.05 Å². The third-order valence-corrected chi connectivity index (χ3v) is 3.01. The summed E-state index contributed by atoms with van der Waals surface area (Å²) in [6.07, 6.45) is 0.174. The monoisotopic (exact) mass is 302 g/mol. The van der Waals surface area contributed by atoms with Gasteiger partial charge < -0.3 is 14.6 Å². The van der Waals surface area contributed by atoms with Crippen LogP contribution >= 0.6 is 0 Å². The Morgan fingerprint density at radius 1 is 1.23 bits per heavy atom.